The third-order valence-corrected chi connectivity index (χ3v) is 4.34. The van der Waals surface area contributed by atoms with Gasteiger partial charge in [-0.15, -0.1) is 0 Å². The molecular weight excluding hydrogens is 328 g/mol. The second kappa shape index (κ2) is 7.44. The average molecular weight is 350 g/mol. The molecule has 0 atom stereocenters. The van der Waals surface area contributed by atoms with Crippen molar-refractivity contribution >= 4 is 11.6 Å². The van der Waals surface area contributed by atoms with Crippen molar-refractivity contribution in [1.82, 2.24) is 5.16 Å². The van der Waals surface area contributed by atoms with Crippen molar-refractivity contribution in [2.45, 2.75) is 34.3 Å². The lowest BCUT2D eigenvalue weighted by Gasteiger charge is -2.09. The van der Waals surface area contributed by atoms with E-state index in [0.717, 1.165) is 22.6 Å². The fourth-order valence-corrected chi connectivity index (χ4v) is 2.61. The summed E-state index contributed by atoms with van der Waals surface area (Å²) in [5, 5.41) is 6.78. The number of carbonyl (C=O) groups excluding carboxylic acids is 1. The van der Waals surface area contributed by atoms with Crippen molar-refractivity contribution in [3.8, 4) is 5.75 Å². The summed E-state index contributed by atoms with van der Waals surface area (Å²) >= 11 is 0. The quantitative estimate of drug-likeness (QED) is 0.722. The lowest BCUT2D eigenvalue weighted by molar-refractivity contribution is 0.101. The fourth-order valence-electron chi connectivity index (χ4n) is 2.61. The van der Waals surface area contributed by atoms with Crippen LogP contribution in [0.2, 0.25) is 0 Å². The van der Waals surface area contributed by atoms with Crippen LogP contribution >= 0.6 is 0 Å². The van der Waals surface area contributed by atoms with E-state index in [1.165, 1.54) is 5.56 Å². The minimum absolute atomic E-state index is 0.217. The summed E-state index contributed by atoms with van der Waals surface area (Å²) in [6.45, 7) is 8.03. The van der Waals surface area contributed by atoms with E-state index in [9.17, 15) is 4.79 Å². The van der Waals surface area contributed by atoms with Gasteiger partial charge >= 0.3 is 0 Å². The number of aryl methyl sites for hydroxylation is 4. The van der Waals surface area contributed by atoms with Gasteiger partial charge in [-0.05, 0) is 68.7 Å². The van der Waals surface area contributed by atoms with Crippen molar-refractivity contribution < 1.29 is 14.1 Å². The zero-order valence-corrected chi connectivity index (χ0v) is 15.4. The molecule has 1 aromatic heterocycles. The van der Waals surface area contributed by atoms with Crippen LogP contribution in [0.4, 0.5) is 5.69 Å². The molecule has 0 fully saturated rings. The zero-order chi connectivity index (χ0) is 18.7. The van der Waals surface area contributed by atoms with E-state index in [4.69, 9.17) is 9.26 Å². The van der Waals surface area contributed by atoms with Gasteiger partial charge in [0.15, 0.2) is 5.69 Å². The molecule has 0 aliphatic carbocycles. The third kappa shape index (κ3) is 3.94. The van der Waals surface area contributed by atoms with E-state index in [1.54, 1.807) is 6.92 Å². The van der Waals surface area contributed by atoms with Gasteiger partial charge < -0.3 is 14.6 Å². The number of amides is 1. The van der Waals surface area contributed by atoms with Gasteiger partial charge in [0.2, 0.25) is 0 Å². The molecule has 3 rings (SSSR count). The van der Waals surface area contributed by atoms with E-state index in [-0.39, 0.29) is 18.2 Å². The van der Waals surface area contributed by atoms with Crippen molar-refractivity contribution in [3.63, 3.8) is 0 Å². The first-order valence-electron chi connectivity index (χ1n) is 8.47. The molecule has 0 aliphatic rings. The van der Waals surface area contributed by atoms with Crippen LogP contribution in [-0.2, 0) is 6.61 Å². The molecular formula is C21H22N2O3. The predicted molar refractivity (Wildman–Crippen MR) is 101 cm³/mol. The molecule has 0 bridgehead atoms. The van der Waals surface area contributed by atoms with Gasteiger partial charge in [0, 0.05) is 5.69 Å². The molecule has 1 N–H and O–H groups in total. The van der Waals surface area contributed by atoms with Gasteiger partial charge in [-0.25, -0.2) is 0 Å². The Balaban J connectivity index is 1.76. The predicted octanol–water partition coefficient (Wildman–Crippen LogP) is 4.74. The Hall–Kier alpha value is -3.08. The van der Waals surface area contributed by atoms with Crippen molar-refractivity contribution in [1.29, 1.82) is 0 Å². The monoisotopic (exact) mass is 350 g/mol. The molecule has 1 amide bonds. The Morgan fingerprint density at radius 3 is 2.62 bits per heavy atom. The lowest BCUT2D eigenvalue weighted by Crippen LogP contribution is -2.15. The maximum Gasteiger partial charge on any atom is 0.278 e. The van der Waals surface area contributed by atoms with Crippen molar-refractivity contribution in [2.75, 3.05) is 5.32 Å². The summed E-state index contributed by atoms with van der Waals surface area (Å²) in [5.74, 6) is 1.00. The standard InChI is InChI=1S/C21H22N2O3/c1-13-6-5-7-18(10-13)25-12-19-16(4)26-23-20(19)21(24)22-17-9-8-14(2)15(3)11-17/h5-11H,12H2,1-4H3,(H,22,24). The summed E-state index contributed by atoms with van der Waals surface area (Å²) in [4.78, 5) is 12.6. The number of carbonyl (C=O) groups is 1. The Bertz CT molecular complexity index is 944. The first-order valence-corrected chi connectivity index (χ1v) is 8.47. The SMILES string of the molecule is Cc1cccc(OCc2c(C(=O)Nc3ccc(C)c(C)c3)noc2C)c1. The van der Waals surface area contributed by atoms with Gasteiger partial charge in [0.05, 0.1) is 5.56 Å². The summed E-state index contributed by atoms with van der Waals surface area (Å²) in [5.41, 5.74) is 5.01. The Kier molecular flexibility index (Phi) is 5.07. The van der Waals surface area contributed by atoms with E-state index in [2.05, 4.69) is 10.5 Å². The molecule has 2 aromatic carbocycles. The number of rotatable bonds is 5. The van der Waals surface area contributed by atoms with Gasteiger partial charge in [0.25, 0.3) is 5.91 Å². The number of ether oxygens (including phenoxy) is 1. The lowest BCUT2D eigenvalue weighted by atomic mass is 10.1. The topological polar surface area (TPSA) is 64.4 Å². The molecule has 5 heteroatoms. The molecule has 134 valence electrons. The van der Waals surface area contributed by atoms with E-state index in [0.29, 0.717) is 11.3 Å². The van der Waals surface area contributed by atoms with Gasteiger partial charge in [-0.1, -0.05) is 23.4 Å². The van der Waals surface area contributed by atoms with Crippen LogP contribution in [0.1, 0.15) is 38.5 Å². The highest BCUT2D eigenvalue weighted by atomic mass is 16.5. The van der Waals surface area contributed by atoms with Crippen LogP contribution in [0.15, 0.2) is 47.0 Å². The largest absolute Gasteiger partial charge is 0.489 e. The summed E-state index contributed by atoms with van der Waals surface area (Å²) < 4.78 is 11.0. The Labute approximate surface area is 153 Å². The number of anilines is 1. The van der Waals surface area contributed by atoms with Crippen molar-refractivity contribution in [2.24, 2.45) is 0 Å². The van der Waals surface area contributed by atoms with E-state index >= 15 is 0 Å². The number of nitrogens with zero attached hydrogens (tertiary/aromatic N) is 1. The normalized spacial score (nSPS) is 10.6. The van der Waals surface area contributed by atoms with Crippen LogP contribution in [0, 0.1) is 27.7 Å². The zero-order valence-electron chi connectivity index (χ0n) is 15.4. The molecule has 5 nitrogen and oxygen atoms in total. The molecule has 0 saturated carbocycles. The van der Waals surface area contributed by atoms with E-state index in [1.807, 2.05) is 63.2 Å². The molecule has 0 radical (unpaired) electrons. The first kappa shape index (κ1) is 17.7. The number of hydrogen-bond acceptors (Lipinski definition) is 4. The van der Waals surface area contributed by atoms with Gasteiger partial charge in [-0.3, -0.25) is 4.79 Å². The third-order valence-electron chi connectivity index (χ3n) is 4.34. The Morgan fingerprint density at radius 1 is 1.08 bits per heavy atom. The minimum Gasteiger partial charge on any atom is -0.489 e. The van der Waals surface area contributed by atoms with Gasteiger partial charge in [-0.2, -0.15) is 0 Å². The molecule has 0 unspecified atom stereocenters. The highest BCUT2D eigenvalue weighted by Crippen LogP contribution is 2.21. The minimum atomic E-state index is -0.312. The summed E-state index contributed by atoms with van der Waals surface area (Å²) in [7, 11) is 0. The molecule has 1 heterocycles. The molecule has 0 spiro atoms. The Morgan fingerprint density at radius 2 is 1.88 bits per heavy atom. The van der Waals surface area contributed by atoms with E-state index < -0.39 is 0 Å². The fraction of sp³-hybridized carbons (Fsp3) is 0.238. The second-order valence-electron chi connectivity index (χ2n) is 6.42. The molecule has 0 saturated heterocycles. The smallest absolute Gasteiger partial charge is 0.278 e. The average Bonchev–Trinajstić information content (AvgIpc) is 2.97. The number of nitrogens with one attached hydrogen (secondary N) is 1. The molecule has 0 aliphatic heterocycles. The summed E-state index contributed by atoms with van der Waals surface area (Å²) in [6, 6.07) is 13.5. The molecule has 3 aromatic rings. The van der Waals surface area contributed by atoms with Crippen molar-refractivity contribution in [3.05, 3.63) is 76.2 Å². The second-order valence-corrected chi connectivity index (χ2v) is 6.42. The van der Waals surface area contributed by atoms with Crippen LogP contribution in [-0.4, -0.2) is 11.1 Å². The molecule has 26 heavy (non-hydrogen) atoms. The highest BCUT2D eigenvalue weighted by molar-refractivity contribution is 6.03. The number of benzene rings is 2. The maximum atomic E-state index is 12.6. The highest BCUT2D eigenvalue weighted by Gasteiger charge is 2.20. The summed E-state index contributed by atoms with van der Waals surface area (Å²) in [6.07, 6.45) is 0. The van der Waals surface area contributed by atoms with Gasteiger partial charge in [0.1, 0.15) is 18.1 Å². The van der Waals surface area contributed by atoms with Crippen LogP contribution in [0.25, 0.3) is 0 Å². The van der Waals surface area contributed by atoms with Crippen LogP contribution in [0.3, 0.4) is 0 Å². The van der Waals surface area contributed by atoms with Crippen LogP contribution in [0.5, 0.6) is 5.75 Å². The maximum absolute atomic E-state index is 12.6. The number of hydrogen-bond donors (Lipinski definition) is 1. The first-order chi connectivity index (χ1) is 12.4. The van der Waals surface area contributed by atoms with Crippen LogP contribution < -0.4 is 10.1 Å². The number of aromatic nitrogens is 1.